The maximum Gasteiger partial charge on any atom is 0.328 e. The van der Waals surface area contributed by atoms with Crippen molar-refractivity contribution in [3.63, 3.8) is 0 Å². The third-order valence-corrected chi connectivity index (χ3v) is 2.83. The fourth-order valence-corrected chi connectivity index (χ4v) is 1.94. The highest BCUT2D eigenvalue weighted by atomic mass is 16.5. The van der Waals surface area contributed by atoms with E-state index >= 15 is 0 Å². The van der Waals surface area contributed by atoms with Crippen molar-refractivity contribution in [3.05, 3.63) is 36.4 Å². The number of hydrogen-bond acceptors (Lipinski definition) is 3. The summed E-state index contributed by atoms with van der Waals surface area (Å²) in [6.45, 7) is 0.967. The van der Waals surface area contributed by atoms with Gasteiger partial charge in [-0.1, -0.05) is 0 Å². The Balaban J connectivity index is 1.91. The van der Waals surface area contributed by atoms with Crippen molar-refractivity contribution in [1.29, 1.82) is 0 Å². The van der Waals surface area contributed by atoms with Crippen molar-refractivity contribution in [1.82, 2.24) is 0 Å². The molecule has 0 atom stereocenters. The van der Waals surface area contributed by atoms with E-state index in [0.29, 0.717) is 12.2 Å². The number of aliphatic carboxylic acids is 1. The summed E-state index contributed by atoms with van der Waals surface area (Å²) < 4.78 is 5.35. The number of benzene rings is 1. The van der Waals surface area contributed by atoms with Gasteiger partial charge in [-0.25, -0.2) is 4.79 Å². The molecule has 0 saturated carbocycles. The molecule has 1 heterocycles. The predicted molar refractivity (Wildman–Crippen MR) is 70.3 cm³/mol. The van der Waals surface area contributed by atoms with Gasteiger partial charge in [0, 0.05) is 24.7 Å². The van der Waals surface area contributed by atoms with Gasteiger partial charge in [-0.3, -0.25) is 4.79 Å². The molecule has 0 bridgehead atoms. The lowest BCUT2D eigenvalue weighted by Gasteiger charge is -2.15. The van der Waals surface area contributed by atoms with Crippen LogP contribution in [0.25, 0.3) is 0 Å². The van der Waals surface area contributed by atoms with E-state index in [1.54, 1.807) is 17.0 Å². The lowest BCUT2D eigenvalue weighted by atomic mass is 10.3. The molecular formula is C14H15NO4. The molecule has 2 rings (SSSR count). The van der Waals surface area contributed by atoms with Crippen LogP contribution in [0.4, 0.5) is 5.69 Å². The third kappa shape index (κ3) is 3.58. The van der Waals surface area contributed by atoms with E-state index in [1.807, 2.05) is 12.1 Å². The molecule has 0 unspecified atom stereocenters. The van der Waals surface area contributed by atoms with Gasteiger partial charge in [-0.15, -0.1) is 0 Å². The van der Waals surface area contributed by atoms with Gasteiger partial charge in [0.25, 0.3) is 0 Å². The average molecular weight is 261 g/mol. The molecule has 1 N–H and O–H groups in total. The molecule has 100 valence electrons. The van der Waals surface area contributed by atoms with Crippen LogP contribution in [0.1, 0.15) is 12.8 Å². The maximum atomic E-state index is 11.6. The first-order chi connectivity index (χ1) is 9.16. The van der Waals surface area contributed by atoms with Crippen LogP contribution in [0.15, 0.2) is 36.4 Å². The molecule has 0 radical (unpaired) electrons. The molecule has 1 aromatic rings. The van der Waals surface area contributed by atoms with Crippen LogP contribution >= 0.6 is 0 Å². The minimum atomic E-state index is -0.994. The lowest BCUT2D eigenvalue weighted by molar-refractivity contribution is -0.131. The van der Waals surface area contributed by atoms with E-state index in [4.69, 9.17) is 9.84 Å². The SMILES string of the molecule is O=C(O)C=CCOc1ccc(N2CCCC2=O)cc1. The summed E-state index contributed by atoms with van der Waals surface area (Å²) in [4.78, 5) is 23.6. The number of hydrogen-bond donors (Lipinski definition) is 1. The molecule has 5 heteroatoms. The van der Waals surface area contributed by atoms with Crippen LogP contribution in [0.2, 0.25) is 0 Å². The fraction of sp³-hybridized carbons (Fsp3) is 0.286. The van der Waals surface area contributed by atoms with Gasteiger partial charge in [0.05, 0.1) is 0 Å². The molecule has 19 heavy (non-hydrogen) atoms. The standard InChI is InChI=1S/C14H15NO4/c16-13-3-1-9-15(13)11-5-7-12(8-6-11)19-10-2-4-14(17)18/h2,4-8H,1,3,9-10H2,(H,17,18). The van der Waals surface area contributed by atoms with Gasteiger partial charge in [-0.05, 0) is 36.8 Å². The minimum absolute atomic E-state index is 0.151. The molecule has 0 aliphatic carbocycles. The zero-order chi connectivity index (χ0) is 13.7. The Bertz CT molecular complexity index is 493. The zero-order valence-corrected chi connectivity index (χ0v) is 10.4. The summed E-state index contributed by atoms with van der Waals surface area (Å²) in [5, 5.41) is 8.41. The monoisotopic (exact) mass is 261 g/mol. The number of ether oxygens (including phenoxy) is 1. The van der Waals surface area contributed by atoms with Gasteiger partial charge in [-0.2, -0.15) is 0 Å². The topological polar surface area (TPSA) is 66.8 Å². The first-order valence-electron chi connectivity index (χ1n) is 6.09. The summed E-state index contributed by atoms with van der Waals surface area (Å²) >= 11 is 0. The average Bonchev–Trinajstić information content (AvgIpc) is 2.81. The highest BCUT2D eigenvalue weighted by Gasteiger charge is 2.21. The van der Waals surface area contributed by atoms with Crippen LogP contribution in [0, 0.1) is 0 Å². The van der Waals surface area contributed by atoms with Crippen LogP contribution in [0.5, 0.6) is 5.75 Å². The third-order valence-electron chi connectivity index (χ3n) is 2.83. The Morgan fingerprint density at radius 1 is 1.37 bits per heavy atom. The summed E-state index contributed by atoms with van der Waals surface area (Å²) in [6.07, 6.45) is 3.98. The van der Waals surface area contributed by atoms with E-state index in [1.165, 1.54) is 6.08 Å². The summed E-state index contributed by atoms with van der Waals surface area (Å²) in [7, 11) is 0. The number of rotatable bonds is 5. The van der Waals surface area contributed by atoms with E-state index in [9.17, 15) is 9.59 Å². The lowest BCUT2D eigenvalue weighted by Crippen LogP contribution is -2.23. The first-order valence-corrected chi connectivity index (χ1v) is 6.09. The number of carbonyl (C=O) groups excluding carboxylic acids is 1. The van der Waals surface area contributed by atoms with E-state index in [0.717, 1.165) is 24.7 Å². The number of anilines is 1. The highest BCUT2D eigenvalue weighted by molar-refractivity contribution is 5.95. The van der Waals surface area contributed by atoms with E-state index in [-0.39, 0.29) is 12.5 Å². The number of carboxylic acid groups (broad SMARTS) is 1. The number of carbonyl (C=O) groups is 2. The Morgan fingerprint density at radius 3 is 2.68 bits per heavy atom. The molecule has 1 aliphatic heterocycles. The minimum Gasteiger partial charge on any atom is -0.490 e. The molecule has 0 spiro atoms. The second-order valence-electron chi connectivity index (χ2n) is 4.19. The van der Waals surface area contributed by atoms with E-state index < -0.39 is 5.97 Å². The van der Waals surface area contributed by atoms with Gasteiger partial charge >= 0.3 is 5.97 Å². The largest absolute Gasteiger partial charge is 0.490 e. The van der Waals surface area contributed by atoms with Crippen LogP contribution < -0.4 is 9.64 Å². The highest BCUT2D eigenvalue weighted by Crippen LogP contribution is 2.23. The first kappa shape index (κ1) is 13.1. The van der Waals surface area contributed by atoms with Crippen molar-refractivity contribution in [2.45, 2.75) is 12.8 Å². The Kier molecular flexibility index (Phi) is 4.18. The van der Waals surface area contributed by atoms with Gasteiger partial charge in [0.1, 0.15) is 12.4 Å². The van der Waals surface area contributed by atoms with Crippen LogP contribution in [-0.4, -0.2) is 30.1 Å². The Hall–Kier alpha value is -2.30. The van der Waals surface area contributed by atoms with Crippen LogP contribution in [0.3, 0.4) is 0 Å². The van der Waals surface area contributed by atoms with Gasteiger partial charge < -0.3 is 14.7 Å². The Morgan fingerprint density at radius 2 is 2.11 bits per heavy atom. The van der Waals surface area contributed by atoms with E-state index in [2.05, 4.69) is 0 Å². The second-order valence-corrected chi connectivity index (χ2v) is 4.19. The molecular weight excluding hydrogens is 246 g/mol. The molecule has 1 saturated heterocycles. The van der Waals surface area contributed by atoms with Crippen molar-refractivity contribution < 1.29 is 19.4 Å². The summed E-state index contributed by atoms with van der Waals surface area (Å²) in [6, 6.07) is 7.21. The zero-order valence-electron chi connectivity index (χ0n) is 10.4. The quantitative estimate of drug-likeness (QED) is 0.821. The smallest absolute Gasteiger partial charge is 0.328 e. The van der Waals surface area contributed by atoms with Gasteiger partial charge in [0.15, 0.2) is 0 Å². The predicted octanol–water partition coefficient (Wildman–Crippen LogP) is 1.83. The number of carboxylic acids is 1. The van der Waals surface area contributed by atoms with Crippen molar-refractivity contribution in [3.8, 4) is 5.75 Å². The number of nitrogens with zero attached hydrogens (tertiary/aromatic N) is 1. The van der Waals surface area contributed by atoms with Crippen molar-refractivity contribution in [2.24, 2.45) is 0 Å². The molecule has 1 aromatic carbocycles. The molecule has 1 fully saturated rings. The molecule has 5 nitrogen and oxygen atoms in total. The fourth-order valence-electron chi connectivity index (χ4n) is 1.94. The second kappa shape index (κ2) is 6.04. The van der Waals surface area contributed by atoms with Crippen molar-refractivity contribution >= 4 is 17.6 Å². The summed E-state index contributed by atoms with van der Waals surface area (Å²) in [5.74, 6) is -0.199. The van der Waals surface area contributed by atoms with Gasteiger partial charge in [0.2, 0.25) is 5.91 Å². The molecule has 0 aromatic heterocycles. The maximum absolute atomic E-state index is 11.6. The molecule has 1 amide bonds. The van der Waals surface area contributed by atoms with Crippen molar-refractivity contribution in [2.75, 3.05) is 18.1 Å². The molecule has 1 aliphatic rings. The Labute approximate surface area is 111 Å². The normalized spacial score (nSPS) is 15.2. The van der Waals surface area contributed by atoms with Crippen LogP contribution in [-0.2, 0) is 9.59 Å². The summed E-state index contributed by atoms with van der Waals surface area (Å²) in [5.41, 5.74) is 0.871. The number of amides is 1.